The maximum atomic E-state index is 13.1. The molecule has 2 aliphatic carbocycles. The van der Waals surface area contributed by atoms with Crippen molar-refractivity contribution in [2.75, 3.05) is 6.61 Å². The standard InChI is InChI=1S/C14H26.C9H10ClFO/c1-11-3-7-13(8-4-11)14-9-5-12(2)6-10-14;1-3-12-7-5-4-6(2)9(11)8(7)10/h11-14H,3-10H2,1-2H3;4-5H,3H2,1-2H3. The number of hydrogen-bond donors (Lipinski definition) is 0. The molecule has 0 bridgehead atoms. The van der Waals surface area contributed by atoms with Crippen molar-refractivity contribution in [3.8, 4) is 5.75 Å². The van der Waals surface area contributed by atoms with Crippen LogP contribution >= 0.6 is 11.6 Å². The second-order valence-electron chi connectivity index (χ2n) is 8.48. The van der Waals surface area contributed by atoms with Crippen molar-refractivity contribution in [1.29, 1.82) is 0 Å². The highest BCUT2D eigenvalue weighted by Crippen LogP contribution is 2.40. The van der Waals surface area contributed by atoms with Crippen molar-refractivity contribution in [3.63, 3.8) is 0 Å². The van der Waals surface area contributed by atoms with Gasteiger partial charge in [-0.3, -0.25) is 0 Å². The number of halogens is 2. The summed E-state index contributed by atoms with van der Waals surface area (Å²) in [7, 11) is 0. The van der Waals surface area contributed by atoms with E-state index >= 15 is 0 Å². The summed E-state index contributed by atoms with van der Waals surface area (Å²) in [5.41, 5.74) is 0.531. The van der Waals surface area contributed by atoms with E-state index in [0.717, 1.165) is 23.7 Å². The third-order valence-corrected chi connectivity index (χ3v) is 6.68. The molecule has 2 aliphatic rings. The van der Waals surface area contributed by atoms with Gasteiger partial charge >= 0.3 is 0 Å². The van der Waals surface area contributed by atoms with Gasteiger partial charge in [0.15, 0.2) is 0 Å². The number of ether oxygens (including phenoxy) is 1. The zero-order valence-electron chi connectivity index (χ0n) is 17.0. The van der Waals surface area contributed by atoms with Crippen molar-refractivity contribution in [2.45, 2.75) is 79.1 Å². The van der Waals surface area contributed by atoms with Gasteiger partial charge in [0.1, 0.15) is 16.6 Å². The average Bonchev–Trinajstić information content (AvgIpc) is 2.64. The van der Waals surface area contributed by atoms with Crippen LogP contribution in [0.2, 0.25) is 5.02 Å². The first-order chi connectivity index (χ1) is 12.4. The van der Waals surface area contributed by atoms with Crippen LogP contribution < -0.4 is 4.74 Å². The third-order valence-electron chi connectivity index (χ3n) is 6.33. The molecule has 0 heterocycles. The molecule has 0 radical (unpaired) electrons. The predicted molar refractivity (Wildman–Crippen MR) is 110 cm³/mol. The summed E-state index contributed by atoms with van der Waals surface area (Å²) in [5, 5.41) is 0.0665. The fourth-order valence-corrected chi connectivity index (χ4v) is 4.68. The zero-order valence-corrected chi connectivity index (χ0v) is 17.7. The van der Waals surface area contributed by atoms with Crippen molar-refractivity contribution in [1.82, 2.24) is 0 Å². The Morgan fingerprint density at radius 1 is 0.923 bits per heavy atom. The Morgan fingerprint density at radius 3 is 1.81 bits per heavy atom. The first kappa shape index (κ1) is 21.5. The van der Waals surface area contributed by atoms with E-state index in [1.54, 1.807) is 44.7 Å². The Kier molecular flexibility index (Phi) is 8.73. The molecule has 2 fully saturated rings. The molecule has 0 atom stereocenters. The Labute approximate surface area is 164 Å². The van der Waals surface area contributed by atoms with Crippen LogP contribution in [0, 0.1) is 36.4 Å². The molecule has 0 unspecified atom stereocenters. The normalized spacial score (nSPS) is 28.8. The monoisotopic (exact) mass is 382 g/mol. The third kappa shape index (κ3) is 6.15. The smallest absolute Gasteiger partial charge is 0.148 e. The second kappa shape index (κ2) is 10.5. The van der Waals surface area contributed by atoms with E-state index < -0.39 is 5.82 Å². The van der Waals surface area contributed by atoms with E-state index in [1.807, 2.05) is 6.92 Å². The molecule has 3 rings (SSSR count). The molecule has 0 aliphatic heterocycles. The second-order valence-corrected chi connectivity index (χ2v) is 8.86. The fourth-order valence-electron chi connectivity index (χ4n) is 4.41. The highest BCUT2D eigenvalue weighted by Gasteiger charge is 2.28. The quantitative estimate of drug-likeness (QED) is 0.517. The number of aryl methyl sites for hydroxylation is 1. The number of rotatable bonds is 3. The molecule has 1 aromatic carbocycles. The predicted octanol–water partition coefficient (Wildman–Crippen LogP) is 7.83. The summed E-state index contributed by atoms with van der Waals surface area (Å²) in [6, 6.07) is 3.32. The van der Waals surface area contributed by atoms with E-state index in [-0.39, 0.29) is 5.02 Å². The molecule has 2 saturated carbocycles. The van der Waals surface area contributed by atoms with Crippen molar-refractivity contribution in [3.05, 3.63) is 28.5 Å². The molecule has 0 N–H and O–H groups in total. The van der Waals surface area contributed by atoms with Gasteiger partial charge in [0.2, 0.25) is 0 Å². The minimum Gasteiger partial charge on any atom is -0.492 e. The largest absolute Gasteiger partial charge is 0.492 e. The molecular formula is C23H36ClFO. The van der Waals surface area contributed by atoms with Crippen molar-refractivity contribution >= 4 is 11.6 Å². The lowest BCUT2D eigenvalue weighted by Gasteiger charge is -2.36. The van der Waals surface area contributed by atoms with Gasteiger partial charge in [-0.1, -0.05) is 57.2 Å². The summed E-state index contributed by atoms with van der Waals surface area (Å²) < 4.78 is 18.2. The van der Waals surface area contributed by atoms with Gasteiger partial charge in [0, 0.05) is 0 Å². The molecule has 1 nitrogen and oxygen atoms in total. The maximum absolute atomic E-state index is 13.1. The molecular weight excluding hydrogens is 347 g/mol. The molecule has 0 aromatic heterocycles. The molecule has 0 spiro atoms. The van der Waals surface area contributed by atoms with E-state index in [4.69, 9.17) is 16.3 Å². The molecule has 3 heteroatoms. The first-order valence-electron chi connectivity index (χ1n) is 10.5. The van der Waals surface area contributed by atoms with Gasteiger partial charge in [-0.25, -0.2) is 4.39 Å². The molecule has 0 amide bonds. The van der Waals surface area contributed by atoms with Gasteiger partial charge in [-0.2, -0.15) is 0 Å². The number of hydrogen-bond acceptors (Lipinski definition) is 1. The molecule has 26 heavy (non-hydrogen) atoms. The van der Waals surface area contributed by atoms with Gasteiger partial charge in [0.25, 0.3) is 0 Å². The van der Waals surface area contributed by atoms with Crippen molar-refractivity contribution in [2.24, 2.45) is 23.7 Å². The Bertz CT molecular complexity index is 523. The fraction of sp³-hybridized carbons (Fsp3) is 0.739. The zero-order chi connectivity index (χ0) is 19.1. The van der Waals surface area contributed by atoms with Crippen LogP contribution in [-0.2, 0) is 0 Å². The average molecular weight is 383 g/mol. The molecule has 148 valence electrons. The summed E-state index contributed by atoms with van der Waals surface area (Å²) >= 11 is 5.68. The van der Waals surface area contributed by atoms with E-state index in [0.29, 0.717) is 17.9 Å². The first-order valence-corrected chi connectivity index (χ1v) is 10.9. The lowest BCUT2D eigenvalue weighted by Crippen LogP contribution is -2.24. The lowest BCUT2D eigenvalue weighted by molar-refractivity contribution is 0.155. The topological polar surface area (TPSA) is 9.23 Å². The molecule has 0 saturated heterocycles. The van der Waals surface area contributed by atoms with Gasteiger partial charge in [-0.05, 0) is 74.8 Å². The van der Waals surface area contributed by atoms with Crippen LogP contribution in [0.5, 0.6) is 5.75 Å². The number of benzene rings is 1. The van der Waals surface area contributed by atoms with E-state index in [9.17, 15) is 4.39 Å². The summed E-state index contributed by atoms with van der Waals surface area (Å²) in [4.78, 5) is 0. The Morgan fingerprint density at radius 2 is 1.38 bits per heavy atom. The highest BCUT2D eigenvalue weighted by atomic mass is 35.5. The summed E-state index contributed by atoms with van der Waals surface area (Å²) in [5.74, 6) is 4.27. The highest BCUT2D eigenvalue weighted by molar-refractivity contribution is 6.32. The van der Waals surface area contributed by atoms with Crippen LogP contribution in [0.4, 0.5) is 4.39 Å². The minimum absolute atomic E-state index is 0.0665. The van der Waals surface area contributed by atoms with Crippen LogP contribution in [0.15, 0.2) is 12.1 Å². The van der Waals surface area contributed by atoms with Gasteiger partial charge in [-0.15, -0.1) is 0 Å². The summed E-state index contributed by atoms with van der Waals surface area (Å²) in [6.07, 6.45) is 12.2. The van der Waals surface area contributed by atoms with Crippen molar-refractivity contribution < 1.29 is 9.13 Å². The van der Waals surface area contributed by atoms with Crippen LogP contribution in [0.25, 0.3) is 0 Å². The maximum Gasteiger partial charge on any atom is 0.148 e. The van der Waals surface area contributed by atoms with E-state index in [1.165, 1.54) is 25.7 Å². The van der Waals surface area contributed by atoms with Crippen LogP contribution in [-0.4, -0.2) is 6.61 Å². The molecule has 1 aromatic rings. The van der Waals surface area contributed by atoms with Gasteiger partial charge in [0.05, 0.1) is 6.61 Å². The summed E-state index contributed by atoms with van der Waals surface area (Å²) in [6.45, 7) is 8.84. The SMILES string of the molecule is CC1CCC(C2CCC(C)CC2)CC1.CCOc1ccc(C)c(F)c1Cl. The lowest BCUT2D eigenvalue weighted by atomic mass is 9.70. The van der Waals surface area contributed by atoms with Gasteiger partial charge < -0.3 is 4.74 Å². The van der Waals surface area contributed by atoms with E-state index in [2.05, 4.69) is 13.8 Å². The van der Waals surface area contributed by atoms with Crippen LogP contribution in [0.1, 0.15) is 77.7 Å². The minimum atomic E-state index is -0.400. The Balaban J connectivity index is 0.000000190. The van der Waals surface area contributed by atoms with Crippen LogP contribution in [0.3, 0.4) is 0 Å². The Hall–Kier alpha value is -0.760.